The quantitative estimate of drug-likeness (QED) is 0.106. The second-order valence-corrected chi connectivity index (χ2v) is 17.6. The monoisotopic (exact) mass is 1010 g/mol. The van der Waals surface area contributed by atoms with Gasteiger partial charge in [0.05, 0.1) is 35.2 Å². The molecule has 7 N–H and O–H groups in total. The first-order valence-corrected chi connectivity index (χ1v) is 21.4. The third-order valence-electron chi connectivity index (χ3n) is 7.83. The Morgan fingerprint density at radius 3 is 1.55 bits per heavy atom. The van der Waals surface area contributed by atoms with E-state index >= 15 is 0 Å². The van der Waals surface area contributed by atoms with Gasteiger partial charge in [-0.2, -0.15) is 9.97 Å². The molecule has 20 nitrogen and oxygen atoms in total. The van der Waals surface area contributed by atoms with Crippen LogP contribution in [0.4, 0.5) is 15.5 Å². The van der Waals surface area contributed by atoms with Crippen LogP contribution in [0.25, 0.3) is 12.2 Å². The molecule has 0 spiro atoms. The van der Waals surface area contributed by atoms with Crippen molar-refractivity contribution in [3.63, 3.8) is 0 Å². The zero-order valence-electron chi connectivity index (χ0n) is 32.0. The maximum Gasteiger partial charge on any atom is 0.293 e. The first-order valence-electron chi connectivity index (χ1n) is 16.3. The molecular weight excluding hydrogens is 980 g/mol. The van der Waals surface area contributed by atoms with Crippen LogP contribution < -0.4 is 30.8 Å². The molecule has 6 rings (SSSR count). The number of aromatic nitrogens is 4. The first-order chi connectivity index (χ1) is 27.8. The highest BCUT2D eigenvalue weighted by molar-refractivity contribution is 9.10. The molecule has 2 aromatic heterocycles. The van der Waals surface area contributed by atoms with Crippen LogP contribution in [0, 0.1) is 0 Å². The van der Waals surface area contributed by atoms with Crippen molar-refractivity contribution in [1.29, 1.82) is 0 Å². The number of anilines is 1. The topological polar surface area (TPSA) is 299 Å². The normalized spacial score (nSPS) is 15.2. The molecule has 0 bridgehead atoms. The molecule has 0 unspecified atom stereocenters. The van der Waals surface area contributed by atoms with Gasteiger partial charge in [0, 0.05) is 41.7 Å². The van der Waals surface area contributed by atoms with Crippen molar-refractivity contribution in [3.05, 3.63) is 77.7 Å². The van der Waals surface area contributed by atoms with Crippen molar-refractivity contribution < 1.29 is 56.8 Å². The van der Waals surface area contributed by atoms with Crippen LogP contribution in [0.3, 0.4) is 0 Å². The van der Waals surface area contributed by atoms with Crippen molar-refractivity contribution >= 4 is 106 Å². The molecule has 0 radical (unpaired) electrons. The van der Waals surface area contributed by atoms with Crippen molar-refractivity contribution in [1.82, 2.24) is 35.9 Å². The molecule has 0 saturated carbocycles. The summed E-state index contributed by atoms with van der Waals surface area (Å²) in [6.45, 7) is -0.114. The number of rotatable bonds is 11. The van der Waals surface area contributed by atoms with E-state index in [-0.39, 0.29) is 91.4 Å². The zero-order valence-corrected chi connectivity index (χ0v) is 37.6. The number of nitrogen functional groups attached to an aromatic ring is 1. The molecule has 0 aliphatic carbocycles. The Morgan fingerprint density at radius 2 is 1.17 bits per heavy atom. The number of ether oxygens (including phenoxy) is 4. The lowest BCUT2D eigenvalue weighted by Gasteiger charge is -2.12. The third-order valence-corrected chi connectivity index (χ3v) is 12.0. The number of hydrogen-bond acceptors (Lipinski definition) is 20. The molecule has 2 aromatic carbocycles. The van der Waals surface area contributed by atoms with Gasteiger partial charge in [-0.25, -0.2) is 18.4 Å². The number of amides is 4. The third kappa shape index (κ3) is 11.0. The van der Waals surface area contributed by atoms with Crippen LogP contribution in [0.1, 0.15) is 22.3 Å². The van der Waals surface area contributed by atoms with E-state index in [1.807, 2.05) is 0 Å². The second-order valence-electron chi connectivity index (χ2n) is 12.0. The minimum atomic E-state index is -3.61. The molecule has 2 aliphatic heterocycles. The second kappa shape index (κ2) is 19.7. The SMILES string of the molecule is COc1nc(N)ncc1COc1cc(/C=C2\SC(=O)N(C)C2=O)c(Br)cc1O.COc1nc(S(C)(=O)=O)ncc1COc1cc(/C=C2\SC(=O)N(C)C2=O)c(Br)cc1O.N. The van der Waals surface area contributed by atoms with Gasteiger partial charge in [0.2, 0.25) is 32.7 Å². The van der Waals surface area contributed by atoms with Crippen molar-refractivity contribution in [2.75, 3.05) is 40.3 Å². The van der Waals surface area contributed by atoms with E-state index in [4.69, 9.17) is 24.7 Å². The van der Waals surface area contributed by atoms with Gasteiger partial charge in [-0.1, -0.05) is 31.9 Å². The van der Waals surface area contributed by atoms with E-state index in [1.165, 1.54) is 65.0 Å². The van der Waals surface area contributed by atoms with E-state index in [9.17, 15) is 37.8 Å². The molecule has 60 heavy (non-hydrogen) atoms. The molecule has 4 aromatic rings. The molecule has 4 heterocycles. The number of nitrogens with two attached hydrogens (primary N) is 1. The lowest BCUT2D eigenvalue weighted by molar-refractivity contribution is -0.122. The van der Waals surface area contributed by atoms with E-state index < -0.39 is 15.7 Å². The number of aromatic hydroxyl groups is 2. The summed E-state index contributed by atoms with van der Waals surface area (Å²) in [4.78, 5) is 65.6. The maximum atomic E-state index is 12.1. The molecule has 318 valence electrons. The summed E-state index contributed by atoms with van der Waals surface area (Å²) in [5.74, 6) is -0.498. The van der Waals surface area contributed by atoms with Crippen molar-refractivity contribution in [2.24, 2.45) is 0 Å². The summed E-state index contributed by atoms with van der Waals surface area (Å²) in [6.07, 6.45) is 6.77. The predicted octanol–water partition coefficient (Wildman–Crippen LogP) is 5.54. The fourth-order valence-corrected chi connectivity index (χ4v) is 7.78. The summed E-state index contributed by atoms with van der Waals surface area (Å²) >= 11 is 8.29. The predicted molar refractivity (Wildman–Crippen MR) is 227 cm³/mol. The van der Waals surface area contributed by atoms with E-state index in [1.54, 1.807) is 12.1 Å². The highest BCUT2D eigenvalue weighted by Gasteiger charge is 2.33. The number of imide groups is 2. The van der Waals surface area contributed by atoms with Gasteiger partial charge in [0.1, 0.15) is 13.2 Å². The molecule has 0 atom stereocenters. The lowest BCUT2D eigenvalue weighted by Crippen LogP contribution is -2.22. The number of thioether (sulfide) groups is 2. The van der Waals surface area contributed by atoms with Gasteiger partial charge in [-0.3, -0.25) is 29.0 Å². The minimum Gasteiger partial charge on any atom is -0.504 e. The van der Waals surface area contributed by atoms with Crippen LogP contribution in [0.15, 0.2) is 60.6 Å². The highest BCUT2D eigenvalue weighted by atomic mass is 79.9. The molecule has 2 fully saturated rings. The van der Waals surface area contributed by atoms with E-state index in [0.717, 1.165) is 39.6 Å². The number of phenolic OH excluding ortho intramolecular Hbond substituents is 2. The van der Waals surface area contributed by atoms with Crippen LogP contribution in [-0.2, 0) is 32.6 Å². The summed E-state index contributed by atoms with van der Waals surface area (Å²) in [5.41, 5.74) is 7.48. The number of carbonyl (C=O) groups excluding carboxylic acids is 4. The maximum absolute atomic E-state index is 12.1. The Bertz CT molecular complexity index is 2560. The zero-order chi connectivity index (χ0) is 43.3. The van der Waals surface area contributed by atoms with Gasteiger partial charge in [0.15, 0.2) is 23.0 Å². The number of carbonyl (C=O) groups is 4. The average Bonchev–Trinajstić information content (AvgIpc) is 3.57. The van der Waals surface area contributed by atoms with E-state index in [0.29, 0.717) is 31.2 Å². The Hall–Kier alpha value is -5.47. The molecule has 2 aliphatic rings. The smallest absolute Gasteiger partial charge is 0.293 e. The number of halogens is 2. The number of methoxy groups -OCH3 is 2. The van der Waals surface area contributed by atoms with Gasteiger partial charge >= 0.3 is 0 Å². The number of benzene rings is 2. The average molecular weight is 1010 g/mol. The van der Waals surface area contributed by atoms with Gasteiger partial charge in [0.25, 0.3) is 22.3 Å². The van der Waals surface area contributed by atoms with Crippen LogP contribution in [0.2, 0.25) is 0 Å². The Labute approximate surface area is 367 Å². The highest BCUT2D eigenvalue weighted by Crippen LogP contribution is 2.39. The molecule has 25 heteroatoms. The lowest BCUT2D eigenvalue weighted by atomic mass is 10.2. The number of likely N-dealkylation sites (N-methyl/N-ethyl adjacent to an activating group) is 2. The fourth-order valence-electron chi connectivity index (χ4n) is 4.76. The van der Waals surface area contributed by atoms with Gasteiger partial charge in [-0.05, 0) is 71.1 Å². The van der Waals surface area contributed by atoms with Crippen LogP contribution in [-0.4, -0.2) is 105 Å². The summed E-state index contributed by atoms with van der Waals surface area (Å²) < 4.78 is 45.8. The van der Waals surface area contributed by atoms with Crippen molar-refractivity contribution in [2.45, 2.75) is 18.4 Å². The minimum absolute atomic E-state index is 0. The number of phenols is 2. The molecule has 4 amide bonds. The largest absolute Gasteiger partial charge is 0.504 e. The van der Waals surface area contributed by atoms with Crippen molar-refractivity contribution in [3.8, 4) is 34.8 Å². The molecular formula is C35H34Br2N8O12S3. The Morgan fingerprint density at radius 1 is 0.750 bits per heavy atom. The van der Waals surface area contributed by atoms with E-state index in [2.05, 4.69) is 51.8 Å². The van der Waals surface area contributed by atoms with Gasteiger partial charge in [-0.15, -0.1) is 0 Å². The standard InChI is InChI=1S/C18H16BrN3O7S2.C17H15BrN4O5S.H3N/c1-22-16(24)14(30-18(22)25)5-9-4-13(12(23)6-11(9)19)29-8-10-7-20-17(31(3,26)27)21-15(10)28-2;1-22-15(24)13(28-17(22)25)4-8-3-12(11(23)5-10(8)18)27-7-9-6-20-16(19)21-14(9)26-2;/h4-7,23H,8H2,1-3H3;3-6,23H,7H2,1-2H3,(H2,19,20,21);1H3/b14-5-;13-4-;. The molecule has 2 saturated heterocycles. The fraction of sp³-hybridized carbons (Fsp3) is 0.200. The van der Waals surface area contributed by atoms with Crippen LogP contribution in [0.5, 0.6) is 34.8 Å². The Balaban J connectivity index is 0.000000262. The number of sulfone groups is 1. The first kappa shape index (κ1) is 47.2. The number of nitrogens with zero attached hydrogens (tertiary/aromatic N) is 6. The summed E-state index contributed by atoms with van der Waals surface area (Å²) in [7, 11) is 1.97. The Kier molecular flexibility index (Phi) is 15.5. The number of hydrogen-bond donors (Lipinski definition) is 4. The summed E-state index contributed by atoms with van der Waals surface area (Å²) in [6, 6.07) is 5.86. The van der Waals surface area contributed by atoms with Gasteiger partial charge < -0.3 is 41.0 Å². The van der Waals surface area contributed by atoms with Crippen LogP contribution >= 0.6 is 55.4 Å². The summed E-state index contributed by atoms with van der Waals surface area (Å²) in [5, 5.41) is 19.3.